The lowest BCUT2D eigenvalue weighted by Gasteiger charge is -2.43. The highest BCUT2D eigenvalue weighted by Gasteiger charge is 2.38. The highest BCUT2D eigenvalue weighted by Crippen LogP contribution is 2.37. The van der Waals surface area contributed by atoms with E-state index in [-0.39, 0.29) is 12.6 Å². The Morgan fingerprint density at radius 1 is 0.854 bits per heavy atom. The van der Waals surface area contributed by atoms with Crippen LogP contribution in [-0.4, -0.2) is 39.5 Å². The number of ether oxygens (including phenoxy) is 3. The molecule has 1 unspecified atom stereocenters. The lowest BCUT2D eigenvalue weighted by atomic mass is 9.85. The minimum absolute atomic E-state index is 0.225. The molecule has 1 aliphatic rings. The van der Waals surface area contributed by atoms with Gasteiger partial charge in [0, 0.05) is 27.8 Å². The molecule has 0 aromatic heterocycles. The van der Waals surface area contributed by atoms with Crippen LogP contribution in [0.5, 0.6) is 5.75 Å². The third kappa shape index (κ3) is 8.26. The molecule has 0 spiro atoms. The molecule has 4 aromatic rings. The average molecular weight is 572 g/mol. The van der Waals surface area contributed by atoms with Gasteiger partial charge in [0.15, 0.2) is 6.79 Å². The van der Waals surface area contributed by atoms with Crippen LogP contribution in [0.25, 0.3) is 10.8 Å². The maximum atomic E-state index is 13.9. The van der Waals surface area contributed by atoms with Crippen LogP contribution in [0.1, 0.15) is 29.5 Å². The first kappa shape index (κ1) is 29.5. The van der Waals surface area contributed by atoms with Crippen LogP contribution in [0.3, 0.4) is 0 Å². The summed E-state index contributed by atoms with van der Waals surface area (Å²) < 4.78 is 32.2. The molecule has 0 amide bonds. The summed E-state index contributed by atoms with van der Waals surface area (Å²) in [7, 11) is -1.10. The van der Waals surface area contributed by atoms with E-state index in [4.69, 9.17) is 14.2 Å². The van der Waals surface area contributed by atoms with Gasteiger partial charge in [0.05, 0.1) is 6.61 Å². The maximum absolute atomic E-state index is 13.9. The second-order valence-corrected chi connectivity index (χ2v) is 18.0. The summed E-state index contributed by atoms with van der Waals surface area (Å²) in [6, 6.07) is 31.1. The Labute approximate surface area is 245 Å². The molecule has 1 saturated heterocycles. The summed E-state index contributed by atoms with van der Waals surface area (Å²) in [4.78, 5) is 2.46. The zero-order chi connectivity index (χ0) is 28.7. The van der Waals surface area contributed by atoms with Crippen LogP contribution in [0.15, 0.2) is 91.0 Å². The molecular weight excluding hydrogens is 529 g/mol. The van der Waals surface area contributed by atoms with E-state index in [0.29, 0.717) is 6.61 Å². The van der Waals surface area contributed by atoms with E-state index in [1.165, 1.54) is 5.56 Å². The smallest absolute Gasteiger partial charge is 0.189 e. The third-order valence-corrected chi connectivity index (χ3v) is 9.55. The number of hydrogen-bond donors (Lipinski definition) is 0. The Morgan fingerprint density at radius 2 is 1.61 bits per heavy atom. The highest BCUT2D eigenvalue weighted by atomic mass is 28.3. The molecule has 41 heavy (non-hydrogen) atoms. The lowest BCUT2D eigenvalue weighted by molar-refractivity contribution is -0.107. The first-order valence-corrected chi connectivity index (χ1v) is 18.4. The molecule has 0 saturated carbocycles. The molecule has 1 fully saturated rings. The van der Waals surface area contributed by atoms with Crippen molar-refractivity contribution in [3.63, 3.8) is 0 Å². The minimum atomic E-state index is -1.10. The third-order valence-electron chi connectivity index (χ3n) is 7.85. The molecule has 216 valence electrons. The van der Waals surface area contributed by atoms with Crippen molar-refractivity contribution >= 4 is 18.8 Å². The van der Waals surface area contributed by atoms with Gasteiger partial charge in [0.2, 0.25) is 0 Å². The molecule has 6 heteroatoms. The van der Waals surface area contributed by atoms with E-state index in [0.717, 1.165) is 72.8 Å². The summed E-state index contributed by atoms with van der Waals surface area (Å²) in [6.07, 6.45) is 1.92. The predicted octanol–water partition coefficient (Wildman–Crippen LogP) is 8.38. The van der Waals surface area contributed by atoms with Crippen LogP contribution in [0, 0.1) is 5.82 Å². The van der Waals surface area contributed by atoms with Crippen molar-refractivity contribution in [3.05, 3.63) is 114 Å². The number of fused-ring (bicyclic) bond motifs is 1. The van der Waals surface area contributed by atoms with Gasteiger partial charge in [-0.1, -0.05) is 80.3 Å². The Hall–Kier alpha value is -3.03. The topological polar surface area (TPSA) is 30.9 Å². The van der Waals surface area contributed by atoms with Crippen molar-refractivity contribution in [2.75, 3.05) is 26.5 Å². The number of likely N-dealkylation sites (tertiary alicyclic amines) is 1. The van der Waals surface area contributed by atoms with Crippen molar-refractivity contribution in [2.45, 2.75) is 57.3 Å². The second kappa shape index (κ2) is 13.3. The number of hydrogen-bond acceptors (Lipinski definition) is 4. The Balaban J connectivity index is 1.26. The fraction of sp³-hybridized carbons (Fsp3) is 0.371. The van der Waals surface area contributed by atoms with Crippen molar-refractivity contribution < 1.29 is 18.6 Å². The molecule has 5 rings (SSSR count). The lowest BCUT2D eigenvalue weighted by Crippen LogP contribution is -2.47. The average Bonchev–Trinajstić information content (AvgIpc) is 2.96. The molecule has 1 aliphatic heterocycles. The Kier molecular flexibility index (Phi) is 9.55. The normalized spacial score (nSPS) is 18.0. The van der Waals surface area contributed by atoms with E-state index in [1.807, 2.05) is 24.3 Å². The zero-order valence-electron chi connectivity index (χ0n) is 24.6. The molecular formula is C35H42FNO3Si. The number of benzene rings is 4. The van der Waals surface area contributed by atoms with Gasteiger partial charge in [-0.05, 0) is 83.2 Å². The quantitative estimate of drug-likeness (QED) is 0.0971. The van der Waals surface area contributed by atoms with Gasteiger partial charge in [0.1, 0.15) is 17.2 Å². The highest BCUT2D eigenvalue weighted by molar-refractivity contribution is 6.76. The van der Waals surface area contributed by atoms with Crippen LogP contribution in [0.4, 0.5) is 4.39 Å². The number of rotatable bonds is 12. The number of nitrogens with zero attached hydrogens (tertiary/aromatic N) is 1. The number of piperidine rings is 1. The first-order valence-electron chi connectivity index (χ1n) is 14.7. The summed E-state index contributed by atoms with van der Waals surface area (Å²) in [5.41, 5.74) is 2.94. The first-order chi connectivity index (χ1) is 19.8. The molecule has 1 atom stereocenters. The minimum Gasteiger partial charge on any atom is -0.468 e. The van der Waals surface area contributed by atoms with E-state index in [1.54, 1.807) is 12.1 Å². The molecule has 1 heterocycles. The van der Waals surface area contributed by atoms with E-state index < -0.39 is 13.7 Å². The maximum Gasteiger partial charge on any atom is 0.189 e. The second-order valence-electron chi connectivity index (χ2n) is 12.4. The van der Waals surface area contributed by atoms with Gasteiger partial charge >= 0.3 is 0 Å². The van der Waals surface area contributed by atoms with Crippen LogP contribution in [-0.2, 0) is 28.2 Å². The van der Waals surface area contributed by atoms with Crippen LogP contribution in [0.2, 0.25) is 25.7 Å². The van der Waals surface area contributed by atoms with Crippen molar-refractivity contribution in [2.24, 2.45) is 0 Å². The van der Waals surface area contributed by atoms with Gasteiger partial charge in [-0.25, -0.2) is 4.39 Å². The summed E-state index contributed by atoms with van der Waals surface area (Å²) in [5, 5.41) is 2.26. The fourth-order valence-electron chi connectivity index (χ4n) is 5.50. The Morgan fingerprint density at radius 3 is 2.39 bits per heavy atom. The fourth-order valence-corrected chi connectivity index (χ4v) is 6.25. The molecule has 0 N–H and O–H groups in total. The van der Waals surface area contributed by atoms with Crippen LogP contribution >= 0.6 is 0 Å². The summed E-state index contributed by atoms with van der Waals surface area (Å²) in [5.74, 6) is 0.586. The SMILES string of the molecule is C[Si](C)(C)CCOCOc1ccc2cc(COC3(c4ccc(F)cc4)CCCN(Cc4ccccc4)C3)ccc2c1. The van der Waals surface area contributed by atoms with Gasteiger partial charge in [0.25, 0.3) is 0 Å². The van der Waals surface area contributed by atoms with E-state index in [2.05, 4.69) is 79.1 Å². The van der Waals surface area contributed by atoms with E-state index in [9.17, 15) is 4.39 Å². The molecule has 0 aliphatic carbocycles. The molecule has 0 bridgehead atoms. The largest absolute Gasteiger partial charge is 0.468 e. The number of halogens is 1. The predicted molar refractivity (Wildman–Crippen MR) is 167 cm³/mol. The summed E-state index contributed by atoms with van der Waals surface area (Å²) >= 11 is 0. The Bertz CT molecular complexity index is 1410. The van der Waals surface area contributed by atoms with Gasteiger partial charge < -0.3 is 14.2 Å². The van der Waals surface area contributed by atoms with Gasteiger partial charge in [-0.2, -0.15) is 0 Å². The molecule has 0 radical (unpaired) electrons. The van der Waals surface area contributed by atoms with Crippen molar-refractivity contribution in [3.8, 4) is 5.75 Å². The monoisotopic (exact) mass is 571 g/mol. The van der Waals surface area contributed by atoms with Crippen molar-refractivity contribution in [1.82, 2.24) is 4.90 Å². The molecule has 4 nitrogen and oxygen atoms in total. The van der Waals surface area contributed by atoms with Gasteiger partial charge in [-0.3, -0.25) is 4.90 Å². The standard InChI is InChI=1S/C35H42FNO3Si/c1-41(2,3)21-20-38-27-39-34-17-12-30-22-29(10-11-31(30)23-34)25-40-35(32-13-15-33(36)16-14-32)18-7-19-37(26-35)24-28-8-5-4-6-9-28/h4-6,8-17,22-23H,7,18-21,24-27H2,1-3H3. The van der Waals surface area contributed by atoms with Crippen molar-refractivity contribution in [1.29, 1.82) is 0 Å². The summed E-state index contributed by atoms with van der Waals surface area (Å²) in [6.45, 7) is 11.2. The van der Waals surface area contributed by atoms with Crippen LogP contribution < -0.4 is 4.74 Å². The van der Waals surface area contributed by atoms with E-state index >= 15 is 0 Å². The van der Waals surface area contributed by atoms with Gasteiger partial charge in [-0.15, -0.1) is 0 Å². The zero-order valence-corrected chi connectivity index (χ0v) is 25.6. The molecule has 4 aromatic carbocycles.